The van der Waals surface area contributed by atoms with Crippen LogP contribution < -0.4 is 10.6 Å². The molecule has 6 heteroatoms. The lowest BCUT2D eigenvalue weighted by Crippen LogP contribution is -2.32. The first-order valence-electron chi connectivity index (χ1n) is 7.31. The van der Waals surface area contributed by atoms with E-state index < -0.39 is 0 Å². The fourth-order valence-electron chi connectivity index (χ4n) is 2.48. The van der Waals surface area contributed by atoms with E-state index in [0.29, 0.717) is 13.0 Å². The highest BCUT2D eigenvalue weighted by Gasteiger charge is 2.13. The minimum atomic E-state index is 0.647. The van der Waals surface area contributed by atoms with Gasteiger partial charge < -0.3 is 15.5 Å². The lowest BCUT2D eigenvalue weighted by atomic mass is 9.98. The van der Waals surface area contributed by atoms with E-state index in [9.17, 15) is 4.79 Å². The summed E-state index contributed by atoms with van der Waals surface area (Å²) in [6, 6.07) is 4.69. The van der Waals surface area contributed by atoms with Crippen molar-refractivity contribution in [1.82, 2.24) is 10.2 Å². The number of nitrogens with zero attached hydrogens (tertiary/aromatic N) is 2. The van der Waals surface area contributed by atoms with Crippen molar-refractivity contribution in [2.75, 3.05) is 38.5 Å². The third-order valence-electron chi connectivity index (χ3n) is 3.65. The van der Waals surface area contributed by atoms with Gasteiger partial charge in [0.1, 0.15) is 5.56 Å². The summed E-state index contributed by atoms with van der Waals surface area (Å²) in [5, 5.41) is 17.8. The van der Waals surface area contributed by atoms with Gasteiger partial charge in [0.05, 0.1) is 0 Å². The maximum atomic E-state index is 10.2. The number of benzene rings is 1. The van der Waals surface area contributed by atoms with Crippen molar-refractivity contribution in [2.24, 2.45) is 0 Å². The lowest BCUT2D eigenvalue weighted by Gasteiger charge is -2.19. The zero-order valence-corrected chi connectivity index (χ0v) is 13.7. The summed E-state index contributed by atoms with van der Waals surface area (Å²) in [6.45, 7) is 9.13. The molecule has 0 saturated heterocycles. The van der Waals surface area contributed by atoms with Gasteiger partial charge >= 0.3 is 6.07 Å². The molecule has 6 nitrogen and oxygen atoms in total. The van der Waals surface area contributed by atoms with Crippen LogP contribution >= 0.6 is 0 Å². The summed E-state index contributed by atoms with van der Waals surface area (Å²) in [6.07, 6.45) is 0.714. The average Bonchev–Trinajstić information content (AvgIpc) is 2.47. The van der Waals surface area contributed by atoms with Crippen LogP contribution in [0.3, 0.4) is 0 Å². The molecule has 1 aromatic rings. The number of anilines is 1. The SMILES string of the molecule is Cc1cc(C)c(NCCN(C)CCNC=O)c(C)c1C#[N+]O. The molecular formula is C16H25N4O2+. The topological polar surface area (TPSA) is 69.0 Å². The quantitative estimate of drug-likeness (QED) is 0.389. The Morgan fingerprint density at radius 2 is 1.95 bits per heavy atom. The molecule has 0 radical (unpaired) electrons. The predicted molar refractivity (Wildman–Crippen MR) is 88.8 cm³/mol. The Kier molecular flexibility index (Phi) is 7.20. The molecule has 0 aliphatic heterocycles. The van der Waals surface area contributed by atoms with Gasteiger partial charge in [0.2, 0.25) is 11.4 Å². The second kappa shape index (κ2) is 8.90. The van der Waals surface area contributed by atoms with Crippen LogP contribution in [0.25, 0.3) is 5.01 Å². The third-order valence-corrected chi connectivity index (χ3v) is 3.65. The highest BCUT2D eigenvalue weighted by molar-refractivity contribution is 5.65. The van der Waals surface area contributed by atoms with E-state index in [0.717, 1.165) is 47.6 Å². The Morgan fingerprint density at radius 1 is 1.27 bits per heavy atom. The van der Waals surface area contributed by atoms with Gasteiger partial charge in [0.15, 0.2) is 0 Å². The zero-order valence-electron chi connectivity index (χ0n) is 13.7. The molecule has 0 aromatic heterocycles. The summed E-state index contributed by atoms with van der Waals surface area (Å²) in [5.41, 5.74) is 5.09. The minimum Gasteiger partial charge on any atom is -0.383 e. The Balaban J connectivity index is 2.67. The van der Waals surface area contributed by atoms with E-state index in [1.165, 1.54) is 0 Å². The van der Waals surface area contributed by atoms with Crippen molar-refractivity contribution >= 4 is 12.1 Å². The molecule has 0 heterocycles. The van der Waals surface area contributed by atoms with E-state index in [2.05, 4.69) is 39.6 Å². The predicted octanol–water partition coefficient (Wildman–Crippen LogP) is 1.77. The molecule has 0 aliphatic carbocycles. The number of aryl methyl sites for hydroxylation is 2. The van der Waals surface area contributed by atoms with E-state index in [-0.39, 0.29) is 0 Å². The van der Waals surface area contributed by atoms with E-state index in [4.69, 9.17) is 5.21 Å². The number of nitrogens with one attached hydrogen (secondary N) is 2. The Morgan fingerprint density at radius 3 is 2.59 bits per heavy atom. The molecule has 0 aliphatic rings. The molecule has 1 aromatic carbocycles. The van der Waals surface area contributed by atoms with E-state index in [1.807, 2.05) is 20.9 Å². The minimum absolute atomic E-state index is 0.647. The lowest BCUT2D eigenvalue weighted by molar-refractivity contribution is -0.109. The first-order chi connectivity index (χ1) is 10.5. The van der Waals surface area contributed by atoms with Gasteiger partial charge in [-0.3, -0.25) is 4.79 Å². The van der Waals surface area contributed by atoms with Gasteiger partial charge in [0.25, 0.3) is 0 Å². The molecule has 1 rings (SSSR count). The number of rotatable bonds is 8. The number of hydrogen-bond donors (Lipinski definition) is 3. The van der Waals surface area contributed by atoms with Gasteiger partial charge in [-0.05, 0) is 44.5 Å². The number of likely N-dealkylation sites (N-methyl/N-ethyl adjacent to an activating group) is 1. The Bertz CT molecular complexity index is 576. The van der Waals surface area contributed by atoms with Gasteiger partial charge in [-0.15, -0.1) is 0 Å². The maximum absolute atomic E-state index is 10.2. The van der Waals surface area contributed by atoms with Crippen molar-refractivity contribution in [2.45, 2.75) is 20.8 Å². The van der Waals surface area contributed by atoms with Gasteiger partial charge in [-0.1, -0.05) is 6.07 Å². The number of carbonyl (C=O) groups is 1. The molecule has 3 N–H and O–H groups in total. The smallest absolute Gasteiger partial charge is 0.383 e. The number of amides is 1. The van der Waals surface area contributed by atoms with Gasteiger partial charge in [-0.25, -0.2) is 0 Å². The summed E-state index contributed by atoms with van der Waals surface area (Å²) >= 11 is 0. The van der Waals surface area contributed by atoms with Gasteiger partial charge in [0, 0.05) is 31.9 Å². The second-order valence-corrected chi connectivity index (χ2v) is 5.40. The molecule has 0 fully saturated rings. The first kappa shape index (κ1) is 17.8. The van der Waals surface area contributed by atoms with Gasteiger partial charge in [-0.2, -0.15) is 5.21 Å². The van der Waals surface area contributed by atoms with Crippen LogP contribution in [0.15, 0.2) is 6.07 Å². The van der Waals surface area contributed by atoms with Crippen LogP contribution in [0.4, 0.5) is 5.69 Å². The molecule has 120 valence electrons. The Hall–Kier alpha value is -2.26. The van der Waals surface area contributed by atoms with E-state index in [1.54, 1.807) is 0 Å². The summed E-state index contributed by atoms with van der Waals surface area (Å²) < 4.78 is 0. The van der Waals surface area contributed by atoms with Crippen molar-refractivity contribution in [1.29, 1.82) is 0 Å². The average molecular weight is 305 g/mol. The highest BCUT2D eigenvalue weighted by atomic mass is 16.4. The fourth-order valence-corrected chi connectivity index (χ4v) is 2.48. The summed E-state index contributed by atoms with van der Waals surface area (Å²) in [4.78, 5) is 12.3. The molecule has 0 unspecified atom stereocenters. The molecule has 0 saturated carbocycles. The zero-order chi connectivity index (χ0) is 16.5. The molecule has 0 bridgehead atoms. The van der Waals surface area contributed by atoms with Crippen LogP contribution in [0.2, 0.25) is 0 Å². The Labute approximate surface area is 131 Å². The highest BCUT2D eigenvalue weighted by Crippen LogP contribution is 2.26. The van der Waals surface area contributed by atoms with Crippen molar-refractivity contribution in [3.63, 3.8) is 0 Å². The van der Waals surface area contributed by atoms with Crippen molar-refractivity contribution in [3.8, 4) is 6.07 Å². The van der Waals surface area contributed by atoms with Crippen molar-refractivity contribution in [3.05, 3.63) is 33.3 Å². The molecule has 1 amide bonds. The molecule has 0 spiro atoms. The van der Waals surface area contributed by atoms with Crippen molar-refractivity contribution < 1.29 is 10.0 Å². The monoisotopic (exact) mass is 305 g/mol. The maximum Gasteiger partial charge on any atom is 0.388 e. The summed E-state index contributed by atoms with van der Waals surface area (Å²) in [5.74, 6) is 0. The largest absolute Gasteiger partial charge is 0.388 e. The molecule has 0 atom stereocenters. The molecule has 22 heavy (non-hydrogen) atoms. The third kappa shape index (κ3) is 4.93. The van der Waals surface area contributed by atoms with Crippen LogP contribution in [-0.4, -0.2) is 49.7 Å². The fraction of sp³-hybridized carbons (Fsp3) is 0.500. The van der Waals surface area contributed by atoms with Crippen LogP contribution in [-0.2, 0) is 4.79 Å². The standard InChI is InChI=1S/C16H24N4O2/c1-12-9-13(2)16(14(3)15(12)10-19-22)18-6-8-20(4)7-5-17-11-21/h9,11,18H,5-8H2,1-4H3,(H-,17,21,22)/p+1. The second-order valence-electron chi connectivity index (χ2n) is 5.40. The first-order valence-corrected chi connectivity index (χ1v) is 7.31. The van der Waals surface area contributed by atoms with Crippen LogP contribution in [0.5, 0.6) is 0 Å². The number of hydrogen-bond acceptors (Lipinski definition) is 4. The van der Waals surface area contributed by atoms with E-state index >= 15 is 0 Å². The van der Waals surface area contributed by atoms with Crippen LogP contribution in [0.1, 0.15) is 22.3 Å². The normalized spacial score (nSPS) is 10.0. The number of carbonyl (C=O) groups excluding carboxylic acids is 1. The summed E-state index contributed by atoms with van der Waals surface area (Å²) in [7, 11) is 2.01. The molecular weight excluding hydrogens is 280 g/mol. The van der Waals surface area contributed by atoms with Crippen LogP contribution in [0, 0.1) is 26.8 Å².